The topological polar surface area (TPSA) is 75.3 Å². The van der Waals surface area contributed by atoms with Crippen LogP contribution >= 0.6 is 15.9 Å². The van der Waals surface area contributed by atoms with Gasteiger partial charge in [0.1, 0.15) is 5.82 Å². The molecule has 8 heteroatoms. The fourth-order valence-corrected chi connectivity index (χ4v) is 3.93. The van der Waals surface area contributed by atoms with E-state index in [0.717, 1.165) is 0 Å². The van der Waals surface area contributed by atoms with Crippen LogP contribution in [0.25, 0.3) is 0 Å². The van der Waals surface area contributed by atoms with Crippen molar-refractivity contribution >= 4 is 37.5 Å². The molecule has 0 fully saturated rings. The maximum absolute atomic E-state index is 13.7. The number of hydrogen-bond acceptors (Lipinski definition) is 3. The van der Waals surface area contributed by atoms with Crippen LogP contribution in [0.3, 0.4) is 0 Å². The fourth-order valence-electron chi connectivity index (χ4n) is 2.46. The first-order valence-electron chi connectivity index (χ1n) is 8.25. The number of para-hydroxylation sites is 1. The highest BCUT2D eigenvalue weighted by atomic mass is 79.9. The molecule has 144 valence electrons. The van der Waals surface area contributed by atoms with Crippen LogP contribution in [0.2, 0.25) is 0 Å². The first-order valence-corrected chi connectivity index (χ1v) is 10.5. The summed E-state index contributed by atoms with van der Waals surface area (Å²) in [7, 11) is -3.76. The monoisotopic (exact) mass is 462 g/mol. The largest absolute Gasteiger partial charge is 0.348 e. The van der Waals surface area contributed by atoms with Gasteiger partial charge in [-0.1, -0.05) is 34.1 Å². The second-order valence-corrected chi connectivity index (χ2v) is 8.51. The van der Waals surface area contributed by atoms with E-state index in [0.29, 0.717) is 15.7 Å². The molecule has 28 heavy (non-hydrogen) atoms. The standard InChI is InChI=1S/C20H16BrFN2O3S/c21-16-8-11-19(22)15(12-16)13-23-20(25)14-6-9-18(10-7-14)28(26,27)24-17-4-2-1-3-5-17/h1-12,24H,13H2,(H,23,25). The minimum atomic E-state index is -3.76. The Bertz CT molecular complexity index is 1090. The number of carbonyl (C=O) groups is 1. The highest BCUT2D eigenvalue weighted by Crippen LogP contribution is 2.17. The molecule has 0 unspecified atom stereocenters. The van der Waals surface area contributed by atoms with Crippen molar-refractivity contribution in [1.29, 1.82) is 0 Å². The van der Waals surface area contributed by atoms with E-state index in [1.54, 1.807) is 42.5 Å². The van der Waals surface area contributed by atoms with E-state index < -0.39 is 21.7 Å². The van der Waals surface area contributed by atoms with Gasteiger partial charge in [-0.3, -0.25) is 9.52 Å². The normalized spacial score (nSPS) is 11.1. The molecule has 0 radical (unpaired) electrons. The number of amides is 1. The minimum absolute atomic E-state index is 0.0136. The third-order valence-corrected chi connectivity index (χ3v) is 5.79. The van der Waals surface area contributed by atoms with E-state index in [1.165, 1.54) is 30.3 Å². The summed E-state index contributed by atoms with van der Waals surface area (Å²) in [4.78, 5) is 12.3. The zero-order chi connectivity index (χ0) is 20.1. The van der Waals surface area contributed by atoms with Crippen molar-refractivity contribution in [2.75, 3.05) is 4.72 Å². The van der Waals surface area contributed by atoms with Gasteiger partial charge in [0, 0.05) is 27.8 Å². The van der Waals surface area contributed by atoms with Crippen molar-refractivity contribution in [2.24, 2.45) is 0 Å². The molecule has 0 heterocycles. The molecule has 0 aliphatic carbocycles. The smallest absolute Gasteiger partial charge is 0.261 e. The number of hydrogen-bond donors (Lipinski definition) is 2. The minimum Gasteiger partial charge on any atom is -0.348 e. The Kier molecular flexibility index (Phi) is 6.11. The van der Waals surface area contributed by atoms with Gasteiger partial charge in [-0.2, -0.15) is 0 Å². The van der Waals surface area contributed by atoms with Gasteiger partial charge >= 0.3 is 0 Å². The molecule has 3 aromatic carbocycles. The number of sulfonamides is 1. The van der Waals surface area contributed by atoms with Crippen LogP contribution in [0, 0.1) is 5.82 Å². The Hall–Kier alpha value is -2.71. The quantitative estimate of drug-likeness (QED) is 0.572. The van der Waals surface area contributed by atoms with Gasteiger partial charge in [-0.25, -0.2) is 12.8 Å². The molecule has 3 rings (SSSR count). The first kappa shape index (κ1) is 20.0. The van der Waals surface area contributed by atoms with Gasteiger partial charge in [0.15, 0.2) is 0 Å². The fraction of sp³-hybridized carbons (Fsp3) is 0.0500. The third kappa shape index (κ3) is 4.96. The SMILES string of the molecule is O=C(NCc1cc(Br)ccc1F)c1ccc(S(=O)(=O)Nc2ccccc2)cc1. The van der Waals surface area contributed by atoms with Crippen LogP contribution in [0.1, 0.15) is 15.9 Å². The summed E-state index contributed by atoms with van der Waals surface area (Å²) in [6.07, 6.45) is 0. The molecule has 0 atom stereocenters. The van der Waals surface area contributed by atoms with Gasteiger partial charge in [0.2, 0.25) is 0 Å². The molecule has 0 spiro atoms. The summed E-state index contributed by atoms with van der Waals surface area (Å²) in [6, 6.07) is 18.5. The second kappa shape index (κ2) is 8.53. The Balaban J connectivity index is 1.68. The summed E-state index contributed by atoms with van der Waals surface area (Å²) >= 11 is 3.26. The van der Waals surface area contributed by atoms with Crippen molar-refractivity contribution in [1.82, 2.24) is 5.32 Å². The second-order valence-electron chi connectivity index (χ2n) is 5.91. The molecule has 0 aromatic heterocycles. The summed E-state index contributed by atoms with van der Waals surface area (Å²) in [6.45, 7) is 0.0136. The Labute approximate surface area is 170 Å². The lowest BCUT2D eigenvalue weighted by Gasteiger charge is -2.09. The maximum atomic E-state index is 13.7. The molecule has 0 aliphatic heterocycles. The molecule has 0 bridgehead atoms. The van der Waals surface area contributed by atoms with Crippen LogP contribution in [0.5, 0.6) is 0 Å². The lowest BCUT2D eigenvalue weighted by atomic mass is 10.2. The molecule has 0 saturated carbocycles. The Morgan fingerprint density at radius 1 is 0.964 bits per heavy atom. The Morgan fingerprint density at radius 2 is 1.64 bits per heavy atom. The summed E-state index contributed by atoms with van der Waals surface area (Å²) < 4.78 is 41.7. The lowest BCUT2D eigenvalue weighted by molar-refractivity contribution is 0.0950. The number of anilines is 1. The van der Waals surface area contributed by atoms with E-state index in [9.17, 15) is 17.6 Å². The molecule has 5 nitrogen and oxygen atoms in total. The maximum Gasteiger partial charge on any atom is 0.261 e. The van der Waals surface area contributed by atoms with Crippen molar-refractivity contribution in [2.45, 2.75) is 11.4 Å². The van der Waals surface area contributed by atoms with Crippen LogP contribution in [-0.2, 0) is 16.6 Å². The van der Waals surface area contributed by atoms with Gasteiger partial charge < -0.3 is 5.32 Å². The third-order valence-electron chi connectivity index (χ3n) is 3.90. The average Bonchev–Trinajstić information content (AvgIpc) is 2.69. The molecular weight excluding hydrogens is 447 g/mol. The molecular formula is C20H16BrFN2O3S. The molecule has 0 aliphatic rings. The van der Waals surface area contributed by atoms with Crippen LogP contribution < -0.4 is 10.0 Å². The summed E-state index contributed by atoms with van der Waals surface area (Å²) in [5.74, 6) is -0.851. The zero-order valence-electron chi connectivity index (χ0n) is 14.5. The number of carbonyl (C=O) groups excluding carboxylic acids is 1. The van der Waals surface area contributed by atoms with Gasteiger partial charge in [-0.15, -0.1) is 0 Å². The number of benzene rings is 3. The molecule has 2 N–H and O–H groups in total. The van der Waals surface area contributed by atoms with Gasteiger partial charge in [0.25, 0.3) is 15.9 Å². The van der Waals surface area contributed by atoms with Crippen LogP contribution in [0.4, 0.5) is 10.1 Å². The summed E-state index contributed by atoms with van der Waals surface area (Å²) in [5.41, 5.74) is 1.06. The highest BCUT2D eigenvalue weighted by Gasteiger charge is 2.15. The van der Waals surface area contributed by atoms with Gasteiger partial charge in [-0.05, 0) is 54.6 Å². The molecule has 3 aromatic rings. The average molecular weight is 463 g/mol. The van der Waals surface area contributed by atoms with Crippen molar-refractivity contribution in [3.05, 3.63) is 94.2 Å². The first-order chi connectivity index (χ1) is 13.3. The predicted octanol–water partition coefficient (Wildman–Crippen LogP) is 4.32. The molecule has 1 amide bonds. The van der Waals surface area contributed by atoms with Crippen molar-refractivity contribution in [3.63, 3.8) is 0 Å². The zero-order valence-corrected chi connectivity index (χ0v) is 16.9. The van der Waals surface area contributed by atoms with Crippen molar-refractivity contribution in [3.8, 4) is 0 Å². The summed E-state index contributed by atoms with van der Waals surface area (Å²) in [5, 5.41) is 2.62. The van der Waals surface area contributed by atoms with E-state index in [2.05, 4.69) is 26.0 Å². The molecule has 0 saturated heterocycles. The number of nitrogens with one attached hydrogen (secondary N) is 2. The van der Waals surface area contributed by atoms with Crippen LogP contribution in [0.15, 0.2) is 82.2 Å². The highest BCUT2D eigenvalue weighted by molar-refractivity contribution is 9.10. The predicted molar refractivity (Wildman–Crippen MR) is 109 cm³/mol. The van der Waals surface area contributed by atoms with Crippen molar-refractivity contribution < 1.29 is 17.6 Å². The van der Waals surface area contributed by atoms with E-state index in [-0.39, 0.29) is 17.0 Å². The van der Waals surface area contributed by atoms with E-state index in [4.69, 9.17) is 0 Å². The van der Waals surface area contributed by atoms with Crippen LogP contribution in [-0.4, -0.2) is 14.3 Å². The number of rotatable bonds is 6. The van der Waals surface area contributed by atoms with Gasteiger partial charge in [0.05, 0.1) is 4.90 Å². The van der Waals surface area contributed by atoms with E-state index >= 15 is 0 Å². The Morgan fingerprint density at radius 3 is 2.32 bits per heavy atom. The van der Waals surface area contributed by atoms with E-state index in [1.807, 2.05) is 0 Å². The lowest BCUT2D eigenvalue weighted by Crippen LogP contribution is -2.23. The number of halogens is 2.